The maximum atomic E-state index is 15.8. The zero-order valence-corrected chi connectivity index (χ0v) is 25.4. The molecule has 2 aliphatic carbocycles. The molecule has 42 heavy (non-hydrogen) atoms. The molecule has 0 spiro atoms. The van der Waals surface area contributed by atoms with Crippen molar-refractivity contribution in [3.8, 4) is 0 Å². The smallest absolute Gasteiger partial charge is 0.410 e. The summed E-state index contributed by atoms with van der Waals surface area (Å²) in [5.74, 6) is -1.18. The Hall–Kier alpha value is -3.14. The number of hydrogen-bond donors (Lipinski definition) is 1. The number of pyridine rings is 2. The Labute approximate surface area is 246 Å². The van der Waals surface area contributed by atoms with Crippen LogP contribution in [0.2, 0.25) is 0 Å². The number of hydrogen-bond acceptors (Lipinski definition) is 6. The van der Waals surface area contributed by atoms with Crippen molar-refractivity contribution in [3.05, 3.63) is 45.1 Å². The molecular weight excluding hydrogens is 539 g/mol. The van der Waals surface area contributed by atoms with E-state index < -0.39 is 22.9 Å². The van der Waals surface area contributed by atoms with Crippen LogP contribution in [0.3, 0.4) is 0 Å². The lowest BCUT2D eigenvalue weighted by Gasteiger charge is -2.43. The Balaban J connectivity index is 1.20. The van der Waals surface area contributed by atoms with E-state index >= 15 is 4.39 Å². The lowest BCUT2D eigenvalue weighted by atomic mass is 9.91. The highest BCUT2D eigenvalue weighted by Gasteiger charge is 2.55. The maximum absolute atomic E-state index is 15.8. The van der Waals surface area contributed by atoms with Gasteiger partial charge in [-0.15, -0.1) is 0 Å². The van der Waals surface area contributed by atoms with Crippen LogP contribution in [0.15, 0.2) is 17.1 Å². The summed E-state index contributed by atoms with van der Waals surface area (Å²) in [5, 5.41) is 9.60. The fourth-order valence-corrected chi connectivity index (χ4v) is 7.59. The molecule has 4 fully saturated rings. The number of carbonyl (C=O) groups excluding carboxylic acids is 1. The first kappa shape index (κ1) is 29.0. The number of carboxylic acids is 1. The third kappa shape index (κ3) is 5.05. The van der Waals surface area contributed by atoms with Crippen molar-refractivity contribution in [1.29, 1.82) is 0 Å². The van der Waals surface area contributed by atoms with Crippen molar-refractivity contribution in [2.24, 2.45) is 5.92 Å². The lowest BCUT2D eigenvalue weighted by molar-refractivity contribution is 0.00936. The van der Waals surface area contributed by atoms with E-state index in [0.717, 1.165) is 63.6 Å². The first-order valence-electron chi connectivity index (χ1n) is 15.4. The van der Waals surface area contributed by atoms with Gasteiger partial charge in [0.1, 0.15) is 11.2 Å². The summed E-state index contributed by atoms with van der Waals surface area (Å²) in [6.45, 7) is 10.4. The molecule has 0 unspecified atom stereocenters. The molecule has 1 atom stereocenters. The summed E-state index contributed by atoms with van der Waals surface area (Å²) in [6, 6.07) is 1.90. The summed E-state index contributed by atoms with van der Waals surface area (Å²) >= 11 is 0. The third-order valence-corrected chi connectivity index (χ3v) is 10.1. The van der Waals surface area contributed by atoms with Gasteiger partial charge in [0, 0.05) is 37.8 Å². The van der Waals surface area contributed by atoms with E-state index in [2.05, 4.69) is 16.8 Å². The van der Waals surface area contributed by atoms with Crippen LogP contribution in [0.25, 0.3) is 5.52 Å². The van der Waals surface area contributed by atoms with Crippen molar-refractivity contribution in [3.63, 3.8) is 0 Å². The predicted octanol–water partition coefficient (Wildman–Crippen LogP) is 5.01. The Morgan fingerprint density at radius 2 is 1.76 bits per heavy atom. The number of ether oxygens (including phenoxy) is 1. The summed E-state index contributed by atoms with van der Waals surface area (Å²) in [4.78, 5) is 43.8. The number of carbonyl (C=O) groups is 2. The fourth-order valence-electron chi connectivity index (χ4n) is 7.59. The third-order valence-electron chi connectivity index (χ3n) is 10.1. The van der Waals surface area contributed by atoms with Gasteiger partial charge in [-0.25, -0.2) is 14.0 Å². The van der Waals surface area contributed by atoms with Crippen LogP contribution >= 0.6 is 0 Å². The number of carboxylic acid groups (broad SMARTS) is 1. The number of nitrogens with zero attached hydrogens (tertiary/aromatic N) is 4. The van der Waals surface area contributed by atoms with Crippen LogP contribution in [0.1, 0.15) is 93.1 Å². The Kier molecular flexibility index (Phi) is 7.06. The van der Waals surface area contributed by atoms with Crippen molar-refractivity contribution >= 4 is 23.3 Å². The molecule has 2 aromatic rings. The highest BCUT2D eigenvalue weighted by Crippen LogP contribution is 2.53. The topological polar surface area (TPSA) is 94.8 Å². The van der Waals surface area contributed by atoms with Crippen molar-refractivity contribution < 1.29 is 23.8 Å². The average Bonchev–Trinajstić information content (AvgIpc) is 3.86. The second kappa shape index (κ2) is 10.2. The number of aryl methyl sites for hydroxylation is 1. The number of anilines is 1. The van der Waals surface area contributed by atoms with Gasteiger partial charge < -0.3 is 19.6 Å². The number of halogens is 1. The minimum absolute atomic E-state index is 0.0846. The Morgan fingerprint density at radius 3 is 2.33 bits per heavy atom. The van der Waals surface area contributed by atoms with E-state index in [1.165, 1.54) is 16.7 Å². The van der Waals surface area contributed by atoms with Crippen LogP contribution in [-0.4, -0.2) is 81.8 Å². The Morgan fingerprint density at radius 1 is 1.10 bits per heavy atom. The monoisotopic (exact) mass is 582 g/mol. The van der Waals surface area contributed by atoms with E-state index in [-0.39, 0.29) is 23.1 Å². The molecule has 0 radical (unpaired) electrons. The number of rotatable bonds is 6. The number of amides is 1. The number of fused-ring (bicyclic) bond motifs is 1. The van der Waals surface area contributed by atoms with E-state index in [0.29, 0.717) is 41.8 Å². The summed E-state index contributed by atoms with van der Waals surface area (Å²) in [7, 11) is 2.22. The van der Waals surface area contributed by atoms with Gasteiger partial charge in [0.25, 0.3) is 5.56 Å². The molecule has 1 amide bonds. The second-order valence-corrected chi connectivity index (χ2v) is 13.9. The number of aromatic carboxylic acids is 1. The molecule has 2 aromatic heterocycles. The molecule has 0 bridgehead atoms. The van der Waals surface area contributed by atoms with E-state index in [1.54, 1.807) is 0 Å². The molecule has 228 valence electrons. The quantitative estimate of drug-likeness (QED) is 0.512. The van der Waals surface area contributed by atoms with Gasteiger partial charge in [0.05, 0.1) is 17.4 Å². The maximum Gasteiger partial charge on any atom is 0.410 e. The lowest BCUT2D eigenvalue weighted by Crippen LogP contribution is -2.52. The molecule has 1 N–H and O–H groups in total. The van der Waals surface area contributed by atoms with E-state index in [1.807, 2.05) is 32.6 Å². The standard InChI is InChI=1S/C32H43FN4O5/c1-19-26-23(20-6-7-20)16-24(29(39)40)28(38)37(26)18-25(33)27(19)36-13-8-21(17-36)32(11-12-32)34(5)22-9-14-35(15-10-22)30(41)42-31(2,3)4/h16,18,20-22H,6-15,17H2,1-5H3,(H,39,40)/t21-/m1/s1. The van der Waals surface area contributed by atoms with Crippen LogP contribution in [0.4, 0.5) is 14.9 Å². The van der Waals surface area contributed by atoms with Gasteiger partial charge in [-0.05, 0) is 109 Å². The minimum atomic E-state index is -1.28. The molecule has 4 aliphatic rings. The van der Waals surface area contributed by atoms with E-state index in [4.69, 9.17) is 4.74 Å². The minimum Gasteiger partial charge on any atom is -0.477 e. The highest BCUT2D eigenvalue weighted by molar-refractivity contribution is 5.89. The Bertz CT molecular complexity index is 1480. The molecule has 9 nitrogen and oxygen atoms in total. The molecule has 4 heterocycles. The number of piperidine rings is 1. The van der Waals surface area contributed by atoms with Gasteiger partial charge in [0.2, 0.25) is 0 Å². The number of aromatic nitrogens is 1. The normalized spacial score (nSPS) is 22.7. The molecular formula is C32H43FN4O5. The zero-order valence-electron chi connectivity index (χ0n) is 25.4. The average molecular weight is 583 g/mol. The fraction of sp³-hybridized carbons (Fsp3) is 0.656. The molecule has 2 saturated carbocycles. The predicted molar refractivity (Wildman–Crippen MR) is 158 cm³/mol. The van der Waals surface area contributed by atoms with Gasteiger partial charge in [-0.1, -0.05) is 0 Å². The van der Waals surface area contributed by atoms with E-state index in [9.17, 15) is 19.5 Å². The van der Waals surface area contributed by atoms with Crippen molar-refractivity contribution in [2.45, 2.75) is 95.7 Å². The second-order valence-electron chi connectivity index (χ2n) is 13.9. The summed E-state index contributed by atoms with van der Waals surface area (Å²) < 4.78 is 22.6. The van der Waals surface area contributed by atoms with Crippen LogP contribution in [0, 0.1) is 18.7 Å². The van der Waals surface area contributed by atoms with Crippen molar-refractivity contribution in [1.82, 2.24) is 14.2 Å². The molecule has 6 rings (SSSR count). The van der Waals surface area contributed by atoms with Crippen LogP contribution in [-0.2, 0) is 4.74 Å². The van der Waals surface area contributed by atoms with Gasteiger partial charge >= 0.3 is 12.1 Å². The van der Waals surface area contributed by atoms with Crippen molar-refractivity contribution in [2.75, 3.05) is 38.1 Å². The molecule has 2 aliphatic heterocycles. The van der Waals surface area contributed by atoms with Gasteiger partial charge in [-0.3, -0.25) is 14.1 Å². The molecule has 0 aromatic carbocycles. The zero-order chi connectivity index (χ0) is 30.1. The molecule has 10 heteroatoms. The van der Waals surface area contributed by atoms with Crippen LogP contribution < -0.4 is 10.5 Å². The first-order valence-corrected chi connectivity index (χ1v) is 15.4. The largest absolute Gasteiger partial charge is 0.477 e. The highest BCUT2D eigenvalue weighted by atomic mass is 19.1. The summed E-state index contributed by atoms with van der Waals surface area (Å²) in [5.41, 5.74) is 1.31. The number of likely N-dealkylation sites (tertiary alicyclic amines) is 1. The summed E-state index contributed by atoms with van der Waals surface area (Å²) in [6.07, 6.45) is 7.85. The van der Waals surface area contributed by atoms with Gasteiger partial charge in [0.15, 0.2) is 5.82 Å². The van der Waals surface area contributed by atoms with Crippen LogP contribution in [0.5, 0.6) is 0 Å². The SMILES string of the molecule is Cc1c(N2CC[C@@H](C3(N(C)C4CCN(C(=O)OC(C)(C)C)CC4)CC3)C2)c(F)cn2c(=O)c(C(=O)O)cc(C3CC3)c12. The molecule has 2 saturated heterocycles. The first-order chi connectivity index (χ1) is 19.8. The van der Waals surface area contributed by atoms with Gasteiger partial charge in [-0.2, -0.15) is 0 Å².